The first-order valence-electron chi connectivity index (χ1n) is 9.52. The van der Waals surface area contributed by atoms with Crippen LogP contribution in [0.2, 0.25) is 0 Å². The van der Waals surface area contributed by atoms with Crippen LogP contribution in [-0.2, 0) is 55.3 Å². The van der Waals surface area contributed by atoms with E-state index in [2.05, 4.69) is 72.8 Å². The minimum atomic E-state index is 0. The Morgan fingerprint density at radius 1 is 0.750 bits per heavy atom. The number of halogens is 2. The Hall–Kier alpha value is -0.900. The molecule has 0 N–H and O–H groups in total. The number of hydrogen-bond donors (Lipinski definition) is 0. The number of hydrogen-bond acceptors (Lipinski definition) is 2. The molecule has 154 valence electrons. The molecule has 2 aliphatic carbocycles. The second-order valence-electron chi connectivity index (χ2n) is 6.99. The number of rotatable bonds is 5. The Morgan fingerprint density at radius 2 is 1.28 bits per heavy atom. The van der Waals surface area contributed by atoms with Gasteiger partial charge in [0.1, 0.15) is 0 Å². The zero-order chi connectivity index (χ0) is 19.3. The monoisotopic (exact) mass is 836 g/mol. The van der Waals surface area contributed by atoms with Gasteiger partial charge in [-0.2, -0.15) is 6.08 Å². The molecule has 0 saturated heterocycles. The minimum Gasteiger partial charge on any atom is -1.00 e. The van der Waals surface area contributed by atoms with Crippen molar-refractivity contribution in [3.8, 4) is 11.1 Å². The van der Waals surface area contributed by atoms with Gasteiger partial charge in [-0.25, -0.2) is 12.2 Å². The molecule has 0 amide bonds. The topological polar surface area (TPSA) is 24.7 Å². The van der Waals surface area contributed by atoms with Crippen LogP contribution in [0.3, 0.4) is 0 Å². The van der Waals surface area contributed by atoms with Crippen molar-refractivity contribution in [2.24, 2.45) is 21.8 Å². The minimum absolute atomic E-state index is 0. The van der Waals surface area contributed by atoms with Crippen molar-refractivity contribution in [1.29, 1.82) is 0 Å². The average molecular weight is 835 g/mol. The van der Waals surface area contributed by atoms with Gasteiger partial charge >= 0.3 is 55.3 Å². The molecule has 0 heterocycles. The van der Waals surface area contributed by atoms with Crippen LogP contribution in [0, 0.1) is 24.0 Å². The number of nitrogens with zero attached hydrogens (tertiary/aromatic N) is 2. The summed E-state index contributed by atoms with van der Waals surface area (Å²) in [5.74, 6) is 0.396. The van der Waals surface area contributed by atoms with Gasteiger partial charge in [-0.1, -0.05) is 30.2 Å². The van der Waals surface area contributed by atoms with Crippen LogP contribution in [0.25, 0.3) is 11.1 Å². The van der Waals surface area contributed by atoms with E-state index in [4.69, 9.17) is 9.98 Å². The molecule has 2 aliphatic rings. The van der Waals surface area contributed by atoms with Crippen LogP contribution in [0.5, 0.6) is 0 Å². The van der Waals surface area contributed by atoms with Gasteiger partial charge in [0, 0.05) is 11.8 Å². The van der Waals surface area contributed by atoms with Crippen LogP contribution in [0.4, 0.5) is 11.4 Å². The standard InChI is InChI=1S/C26H22N2.2ClH.2Hg/c1-19(21-7-3-4-8-21)27-25-15-11-23(12-16-25)24-13-17-26(18-14-24)28-20(2)22-9-5-6-10-22;;;;/h3-7,9,11-18,21-22H,1-2H3;2*1H;;/q;;;2*+1/p-2. The van der Waals surface area contributed by atoms with Gasteiger partial charge in [0.05, 0.1) is 29.2 Å². The Kier molecular flexibility index (Phi) is 14.7. The molecule has 6 heteroatoms. The fourth-order valence-corrected chi connectivity index (χ4v) is 3.29. The third-order valence-electron chi connectivity index (χ3n) is 4.93. The van der Waals surface area contributed by atoms with Crippen molar-refractivity contribution in [3.05, 3.63) is 97.1 Å². The summed E-state index contributed by atoms with van der Waals surface area (Å²) in [6, 6.07) is 16.7. The van der Waals surface area contributed by atoms with Crippen molar-refractivity contribution >= 4 is 22.8 Å². The molecule has 0 saturated carbocycles. The summed E-state index contributed by atoms with van der Waals surface area (Å²) < 4.78 is 0. The maximum absolute atomic E-state index is 4.71. The molecule has 0 aromatic heterocycles. The normalized spacial score (nSPS) is 18.2. The predicted molar refractivity (Wildman–Crippen MR) is 118 cm³/mol. The molecule has 2 nitrogen and oxygen atoms in total. The fourth-order valence-electron chi connectivity index (χ4n) is 3.29. The van der Waals surface area contributed by atoms with E-state index in [1.807, 2.05) is 38.2 Å². The number of aliphatic imine (C=N–C) groups is 2. The summed E-state index contributed by atoms with van der Waals surface area (Å²) in [6.45, 7) is 4.09. The van der Waals surface area contributed by atoms with Crippen molar-refractivity contribution in [2.45, 2.75) is 13.8 Å². The Labute approximate surface area is 244 Å². The molecular weight excluding hydrogens is 812 g/mol. The van der Waals surface area contributed by atoms with Crippen molar-refractivity contribution in [3.63, 3.8) is 0 Å². The van der Waals surface area contributed by atoms with Crippen LogP contribution in [-0.4, -0.2) is 11.4 Å². The zero-order valence-electron chi connectivity index (χ0n) is 18.3. The van der Waals surface area contributed by atoms with E-state index < -0.39 is 0 Å². The maximum Gasteiger partial charge on any atom is 1.00 e. The number of allylic oxidation sites excluding steroid dienone is 8. The molecule has 4 rings (SSSR count). The van der Waals surface area contributed by atoms with Gasteiger partial charge in [0.2, 0.25) is 0 Å². The predicted octanol–water partition coefficient (Wildman–Crippen LogP) is 0.632. The Morgan fingerprint density at radius 3 is 1.72 bits per heavy atom. The summed E-state index contributed by atoms with van der Waals surface area (Å²) in [6.07, 6.45) is 18.7. The summed E-state index contributed by atoms with van der Waals surface area (Å²) in [5, 5.41) is 0. The second-order valence-corrected chi connectivity index (χ2v) is 6.99. The van der Waals surface area contributed by atoms with Gasteiger partial charge in [-0.05, 0) is 49.2 Å². The molecular formula is C26H22Cl2Hg2N2. The first-order chi connectivity index (χ1) is 13.7. The van der Waals surface area contributed by atoms with E-state index in [-0.39, 0.29) is 92.0 Å². The first-order valence-corrected chi connectivity index (χ1v) is 9.52. The van der Waals surface area contributed by atoms with Gasteiger partial charge in [0.25, 0.3) is 0 Å². The number of benzene rings is 2. The van der Waals surface area contributed by atoms with E-state index in [0.717, 1.165) is 22.8 Å². The molecule has 2 atom stereocenters. The van der Waals surface area contributed by atoms with Crippen LogP contribution >= 0.6 is 0 Å². The smallest absolute Gasteiger partial charge is 1.00 e. The molecule has 2 unspecified atom stereocenters. The van der Waals surface area contributed by atoms with E-state index in [1.165, 1.54) is 11.1 Å². The van der Waals surface area contributed by atoms with Crippen LogP contribution < -0.4 is 24.8 Å². The summed E-state index contributed by atoms with van der Waals surface area (Å²) >= 11 is 0. The molecule has 2 radical (unpaired) electrons. The molecule has 32 heavy (non-hydrogen) atoms. The fraction of sp³-hybridized carbons (Fsp3) is 0.154. The van der Waals surface area contributed by atoms with Crippen molar-refractivity contribution in [1.82, 2.24) is 0 Å². The Balaban J connectivity index is 0.00000240. The van der Waals surface area contributed by atoms with Gasteiger partial charge in [-0.15, -0.1) is 0 Å². The molecule has 2 aromatic rings. The second kappa shape index (κ2) is 15.1. The van der Waals surface area contributed by atoms with Crippen LogP contribution in [0.1, 0.15) is 13.8 Å². The van der Waals surface area contributed by atoms with Crippen molar-refractivity contribution in [2.75, 3.05) is 0 Å². The summed E-state index contributed by atoms with van der Waals surface area (Å²) in [7, 11) is 0. The first kappa shape index (κ1) is 31.1. The Bertz CT molecular complexity index is 925. The van der Waals surface area contributed by atoms with Crippen molar-refractivity contribution < 1.29 is 80.2 Å². The van der Waals surface area contributed by atoms with Gasteiger partial charge < -0.3 is 24.8 Å². The average Bonchev–Trinajstić information content (AvgIpc) is 3.43. The summed E-state index contributed by atoms with van der Waals surface area (Å²) in [5.41, 5.74) is 6.39. The van der Waals surface area contributed by atoms with E-state index in [1.54, 1.807) is 0 Å². The maximum atomic E-state index is 4.71. The third kappa shape index (κ3) is 8.15. The molecule has 0 aliphatic heterocycles. The van der Waals surface area contributed by atoms with E-state index >= 15 is 0 Å². The van der Waals surface area contributed by atoms with Gasteiger partial charge in [0.15, 0.2) is 12.0 Å². The molecule has 0 bridgehead atoms. The van der Waals surface area contributed by atoms with Crippen LogP contribution in [0.15, 0.2) is 95.0 Å². The quantitative estimate of drug-likeness (QED) is 0.241. The molecule has 0 fully saturated rings. The van der Waals surface area contributed by atoms with E-state index in [9.17, 15) is 0 Å². The largest absolute Gasteiger partial charge is 1.00 e. The summed E-state index contributed by atoms with van der Waals surface area (Å²) in [4.78, 5) is 9.42. The molecule has 2 aromatic carbocycles. The third-order valence-corrected chi connectivity index (χ3v) is 4.93. The van der Waals surface area contributed by atoms with E-state index in [0.29, 0.717) is 0 Å². The van der Waals surface area contributed by atoms with Gasteiger partial charge in [-0.3, -0.25) is 16.1 Å². The molecule has 0 spiro atoms. The zero-order valence-corrected chi connectivity index (χ0v) is 30.8. The SMILES string of the molecule is CC(=Nc1ccc(-c2ccc(N=C(C)C3[C-]=CC=C3)cc2)cc1)C1[C+]=CC=C1.[Cl-].[Cl-].[Hg+].[Hg+].